The molecule has 0 bridgehead atoms. The number of aromatic nitrogens is 2. The molecule has 2 aliphatic heterocycles. The summed E-state index contributed by atoms with van der Waals surface area (Å²) in [5, 5.41) is 15.1. The Bertz CT molecular complexity index is 930. The Morgan fingerprint density at radius 2 is 1.97 bits per heavy atom. The highest BCUT2D eigenvalue weighted by atomic mass is 16.4. The fourth-order valence-electron chi connectivity index (χ4n) is 4.87. The van der Waals surface area contributed by atoms with E-state index in [0.717, 1.165) is 43.3 Å². The number of nitrogens with zero attached hydrogens (tertiary/aromatic N) is 4. The highest BCUT2D eigenvalue weighted by molar-refractivity contribution is 6.05. The van der Waals surface area contributed by atoms with Gasteiger partial charge in [-0.3, -0.25) is 9.48 Å². The maximum Gasteiger partial charge on any atom is 0.407 e. The van der Waals surface area contributed by atoms with E-state index in [4.69, 9.17) is 0 Å². The average molecular weight is 399 g/mol. The molecule has 29 heavy (non-hydrogen) atoms. The molecule has 1 aromatic heterocycles. The molecule has 2 unspecified atom stereocenters. The first-order valence-corrected chi connectivity index (χ1v) is 10.5. The van der Waals surface area contributed by atoms with Gasteiger partial charge in [-0.2, -0.15) is 5.10 Å². The molecule has 1 aromatic carbocycles. The number of carbonyl (C=O) groups is 2. The van der Waals surface area contributed by atoms with Gasteiger partial charge in [0.05, 0.1) is 5.52 Å². The summed E-state index contributed by atoms with van der Waals surface area (Å²) in [6.07, 6.45) is 1.62. The van der Waals surface area contributed by atoms with Gasteiger partial charge in [0.2, 0.25) is 0 Å². The third-order valence-corrected chi connectivity index (χ3v) is 6.37. The van der Waals surface area contributed by atoms with Crippen molar-refractivity contribution in [3.8, 4) is 0 Å². The minimum absolute atomic E-state index is 0.0350. The van der Waals surface area contributed by atoms with E-state index in [1.54, 1.807) is 4.90 Å². The summed E-state index contributed by atoms with van der Waals surface area (Å²) >= 11 is 0. The van der Waals surface area contributed by atoms with Crippen LogP contribution in [0.15, 0.2) is 24.3 Å². The Labute approximate surface area is 171 Å². The van der Waals surface area contributed by atoms with Crippen molar-refractivity contribution < 1.29 is 14.7 Å². The first-order chi connectivity index (χ1) is 13.8. The summed E-state index contributed by atoms with van der Waals surface area (Å²) in [4.78, 5) is 28.6. The van der Waals surface area contributed by atoms with Crippen molar-refractivity contribution in [3.05, 3.63) is 30.0 Å². The van der Waals surface area contributed by atoms with Crippen LogP contribution in [0, 0.1) is 11.3 Å². The van der Waals surface area contributed by atoms with Crippen LogP contribution in [0.4, 0.5) is 4.79 Å². The number of carboxylic acid groups (broad SMARTS) is 1. The van der Waals surface area contributed by atoms with Gasteiger partial charge in [0.25, 0.3) is 5.91 Å². The van der Waals surface area contributed by atoms with E-state index in [0.29, 0.717) is 24.7 Å². The SMILES string of the molecule is CC(C)(C)C1CC(CN2CCCn3nc4ccccc4c3C2=O)CCN1C(=O)O. The number of carbonyl (C=O) groups excluding carboxylic acids is 1. The second kappa shape index (κ2) is 7.35. The second-order valence-corrected chi connectivity index (χ2v) is 9.44. The first kappa shape index (κ1) is 19.7. The topological polar surface area (TPSA) is 78.7 Å². The third kappa shape index (κ3) is 3.70. The van der Waals surface area contributed by atoms with Crippen LogP contribution in [-0.4, -0.2) is 62.4 Å². The fraction of sp³-hybridized carbons (Fsp3) is 0.591. The molecule has 1 fully saturated rings. The standard InChI is InChI=1S/C22H30N4O3/c1-22(2,3)18-13-15(9-12-25(18)21(28)29)14-24-10-6-11-26-19(20(24)27)16-7-4-5-8-17(16)23-26/h4-5,7-8,15,18H,6,9-14H2,1-3H3,(H,28,29). The largest absolute Gasteiger partial charge is 0.465 e. The monoisotopic (exact) mass is 398 g/mol. The zero-order valence-corrected chi connectivity index (χ0v) is 17.5. The lowest BCUT2D eigenvalue weighted by atomic mass is 9.77. The first-order valence-electron chi connectivity index (χ1n) is 10.5. The van der Waals surface area contributed by atoms with E-state index < -0.39 is 6.09 Å². The summed E-state index contributed by atoms with van der Waals surface area (Å²) in [7, 11) is 0. The summed E-state index contributed by atoms with van der Waals surface area (Å²) in [5.41, 5.74) is 1.42. The van der Waals surface area contributed by atoms with Crippen molar-refractivity contribution >= 4 is 22.9 Å². The predicted molar refractivity (Wildman–Crippen MR) is 111 cm³/mol. The Hall–Kier alpha value is -2.57. The van der Waals surface area contributed by atoms with Gasteiger partial charge < -0.3 is 14.9 Å². The van der Waals surface area contributed by atoms with Crippen molar-refractivity contribution in [1.29, 1.82) is 0 Å². The van der Waals surface area contributed by atoms with Crippen LogP contribution in [0.2, 0.25) is 0 Å². The van der Waals surface area contributed by atoms with Gasteiger partial charge in [-0.1, -0.05) is 39.0 Å². The van der Waals surface area contributed by atoms with Crippen molar-refractivity contribution in [2.45, 2.75) is 52.6 Å². The molecular formula is C22H30N4O3. The number of piperidine rings is 1. The molecule has 7 nitrogen and oxygen atoms in total. The number of amides is 2. The number of likely N-dealkylation sites (tertiary alicyclic amines) is 1. The van der Waals surface area contributed by atoms with Crippen molar-refractivity contribution in [2.75, 3.05) is 19.6 Å². The molecule has 0 aliphatic carbocycles. The van der Waals surface area contributed by atoms with Crippen LogP contribution >= 0.6 is 0 Å². The van der Waals surface area contributed by atoms with E-state index in [9.17, 15) is 14.7 Å². The smallest absolute Gasteiger partial charge is 0.407 e. The second-order valence-electron chi connectivity index (χ2n) is 9.44. The lowest BCUT2D eigenvalue weighted by Gasteiger charge is -2.45. The van der Waals surface area contributed by atoms with Gasteiger partial charge in [-0.25, -0.2) is 4.79 Å². The molecule has 0 radical (unpaired) electrons. The number of fused-ring (bicyclic) bond motifs is 3. The number of hydrogen-bond donors (Lipinski definition) is 1. The third-order valence-electron chi connectivity index (χ3n) is 6.37. The van der Waals surface area contributed by atoms with Gasteiger partial charge >= 0.3 is 6.09 Å². The molecule has 2 aliphatic rings. The number of benzene rings is 1. The molecule has 1 saturated heterocycles. The minimum atomic E-state index is -0.843. The molecule has 1 N–H and O–H groups in total. The lowest BCUT2D eigenvalue weighted by Crippen LogP contribution is -2.53. The van der Waals surface area contributed by atoms with Crippen LogP contribution in [0.5, 0.6) is 0 Å². The van der Waals surface area contributed by atoms with Crippen molar-refractivity contribution in [3.63, 3.8) is 0 Å². The van der Waals surface area contributed by atoms with Crippen LogP contribution < -0.4 is 0 Å². The van der Waals surface area contributed by atoms with E-state index in [2.05, 4.69) is 25.9 Å². The fourth-order valence-corrected chi connectivity index (χ4v) is 4.87. The summed E-state index contributed by atoms with van der Waals surface area (Å²) < 4.78 is 1.86. The van der Waals surface area contributed by atoms with Crippen molar-refractivity contribution in [2.24, 2.45) is 11.3 Å². The highest BCUT2D eigenvalue weighted by Gasteiger charge is 2.39. The van der Waals surface area contributed by atoms with Crippen LogP contribution in [0.1, 0.15) is 50.5 Å². The molecule has 156 valence electrons. The van der Waals surface area contributed by atoms with E-state index >= 15 is 0 Å². The molecule has 3 heterocycles. The molecule has 7 heteroatoms. The van der Waals surface area contributed by atoms with Gasteiger partial charge in [0.15, 0.2) is 0 Å². The van der Waals surface area contributed by atoms with Gasteiger partial charge in [0, 0.05) is 37.6 Å². The highest BCUT2D eigenvalue weighted by Crippen LogP contribution is 2.35. The van der Waals surface area contributed by atoms with Gasteiger partial charge in [-0.05, 0) is 36.7 Å². The summed E-state index contributed by atoms with van der Waals surface area (Å²) in [5.74, 6) is 0.351. The quantitative estimate of drug-likeness (QED) is 0.837. The van der Waals surface area contributed by atoms with Crippen LogP contribution in [-0.2, 0) is 6.54 Å². The average Bonchev–Trinajstić information content (AvgIpc) is 2.96. The predicted octanol–water partition coefficient (Wildman–Crippen LogP) is 3.69. The minimum Gasteiger partial charge on any atom is -0.465 e. The zero-order chi connectivity index (χ0) is 20.8. The van der Waals surface area contributed by atoms with E-state index in [-0.39, 0.29) is 17.4 Å². The number of rotatable bonds is 2. The summed E-state index contributed by atoms with van der Waals surface area (Å²) in [6.45, 7) is 8.96. The lowest BCUT2D eigenvalue weighted by molar-refractivity contribution is 0.0307. The normalized spacial score (nSPS) is 23.2. The van der Waals surface area contributed by atoms with Crippen molar-refractivity contribution in [1.82, 2.24) is 19.6 Å². The molecule has 0 saturated carbocycles. The molecule has 0 spiro atoms. The van der Waals surface area contributed by atoms with Gasteiger partial charge in [-0.15, -0.1) is 0 Å². The molecule has 2 aromatic rings. The number of aryl methyl sites for hydroxylation is 1. The van der Waals surface area contributed by atoms with E-state index in [1.165, 1.54) is 0 Å². The Morgan fingerprint density at radius 3 is 2.69 bits per heavy atom. The summed E-state index contributed by atoms with van der Waals surface area (Å²) in [6, 6.07) is 7.77. The maximum absolute atomic E-state index is 13.4. The Morgan fingerprint density at radius 1 is 1.21 bits per heavy atom. The molecule has 2 amide bonds. The molecule has 4 rings (SSSR count). The van der Waals surface area contributed by atoms with E-state index in [1.807, 2.05) is 33.8 Å². The molecule has 2 atom stereocenters. The Kier molecular flexibility index (Phi) is 5.00. The molecular weight excluding hydrogens is 368 g/mol. The van der Waals surface area contributed by atoms with Gasteiger partial charge in [0.1, 0.15) is 5.69 Å². The number of hydrogen-bond acceptors (Lipinski definition) is 3. The maximum atomic E-state index is 13.4. The zero-order valence-electron chi connectivity index (χ0n) is 17.5. The Balaban J connectivity index is 1.55. The van der Waals surface area contributed by atoms with Crippen LogP contribution in [0.3, 0.4) is 0 Å². The van der Waals surface area contributed by atoms with Crippen LogP contribution in [0.25, 0.3) is 10.9 Å².